The van der Waals surface area contributed by atoms with Gasteiger partial charge in [-0.15, -0.1) is 0 Å². The van der Waals surface area contributed by atoms with Gasteiger partial charge in [-0.3, -0.25) is 19.7 Å². The molecular formula is C16H15FN2O3. The van der Waals surface area contributed by atoms with Gasteiger partial charge >= 0.3 is 0 Å². The second-order valence-electron chi connectivity index (χ2n) is 6.18. The number of carbonyl (C=O) groups is 3. The van der Waals surface area contributed by atoms with Gasteiger partial charge < -0.3 is 4.90 Å². The molecule has 3 amide bonds. The Kier molecular flexibility index (Phi) is 2.82. The molecule has 1 saturated carbocycles. The average Bonchev–Trinajstić information content (AvgIpc) is 3.24. The van der Waals surface area contributed by atoms with Crippen molar-refractivity contribution in [3.63, 3.8) is 0 Å². The Balaban J connectivity index is 1.66. The molecule has 1 aliphatic carbocycles. The van der Waals surface area contributed by atoms with Crippen molar-refractivity contribution in [2.24, 2.45) is 0 Å². The van der Waals surface area contributed by atoms with E-state index in [0.29, 0.717) is 17.5 Å². The summed E-state index contributed by atoms with van der Waals surface area (Å²) >= 11 is 0. The van der Waals surface area contributed by atoms with Crippen molar-refractivity contribution in [3.05, 3.63) is 34.6 Å². The molecule has 1 aromatic rings. The Morgan fingerprint density at radius 2 is 1.91 bits per heavy atom. The highest BCUT2D eigenvalue weighted by Crippen LogP contribution is 2.43. The lowest BCUT2D eigenvalue weighted by atomic mass is 10.0. The van der Waals surface area contributed by atoms with E-state index >= 15 is 0 Å². The minimum Gasteiger partial charge on any atom is -0.322 e. The molecule has 114 valence electrons. The molecule has 5 nitrogen and oxygen atoms in total. The molecule has 22 heavy (non-hydrogen) atoms. The fourth-order valence-corrected chi connectivity index (χ4v) is 3.33. The Morgan fingerprint density at radius 1 is 1.14 bits per heavy atom. The molecule has 0 spiro atoms. The van der Waals surface area contributed by atoms with Crippen LogP contribution in [0, 0.1) is 5.82 Å². The third-order valence-electron chi connectivity index (χ3n) is 4.68. The number of fused-ring (bicyclic) bond motifs is 1. The standard InChI is InChI=1S/C16H15FN2O3/c17-14-10(8-1-2-8)4-3-9-7-19(16(22)13(9)14)11-5-6-12(20)18-15(11)21/h3-4,8,11H,1-2,5-7H2,(H,18,20,21). The van der Waals surface area contributed by atoms with Gasteiger partial charge in [-0.05, 0) is 36.3 Å². The van der Waals surface area contributed by atoms with E-state index in [-0.39, 0.29) is 30.4 Å². The first kappa shape index (κ1) is 13.4. The van der Waals surface area contributed by atoms with Crippen LogP contribution in [0.15, 0.2) is 12.1 Å². The van der Waals surface area contributed by atoms with Crippen molar-refractivity contribution in [1.82, 2.24) is 10.2 Å². The monoisotopic (exact) mass is 302 g/mol. The van der Waals surface area contributed by atoms with Crippen LogP contribution in [0.25, 0.3) is 0 Å². The second-order valence-corrected chi connectivity index (χ2v) is 6.18. The summed E-state index contributed by atoms with van der Waals surface area (Å²) in [5.74, 6) is -1.44. The van der Waals surface area contributed by atoms with Gasteiger partial charge in [0.15, 0.2) is 0 Å². The zero-order valence-corrected chi connectivity index (χ0v) is 11.9. The van der Waals surface area contributed by atoms with Gasteiger partial charge in [-0.1, -0.05) is 12.1 Å². The van der Waals surface area contributed by atoms with Crippen molar-refractivity contribution >= 4 is 17.7 Å². The fraction of sp³-hybridized carbons (Fsp3) is 0.438. The lowest BCUT2D eigenvalue weighted by Gasteiger charge is -2.29. The van der Waals surface area contributed by atoms with Crippen LogP contribution < -0.4 is 5.32 Å². The molecule has 1 unspecified atom stereocenters. The van der Waals surface area contributed by atoms with Crippen molar-refractivity contribution in [2.45, 2.75) is 44.2 Å². The Hall–Kier alpha value is -2.24. The number of piperidine rings is 1. The van der Waals surface area contributed by atoms with Crippen LogP contribution in [0.2, 0.25) is 0 Å². The number of nitrogens with zero attached hydrogens (tertiary/aromatic N) is 1. The van der Waals surface area contributed by atoms with Crippen LogP contribution in [0.4, 0.5) is 4.39 Å². The lowest BCUT2D eigenvalue weighted by Crippen LogP contribution is -2.52. The van der Waals surface area contributed by atoms with Crippen LogP contribution in [-0.4, -0.2) is 28.7 Å². The predicted octanol–water partition coefficient (Wildman–Crippen LogP) is 1.46. The van der Waals surface area contributed by atoms with Gasteiger partial charge in [-0.25, -0.2) is 4.39 Å². The second kappa shape index (κ2) is 4.63. The van der Waals surface area contributed by atoms with Gasteiger partial charge in [0.25, 0.3) is 5.91 Å². The van der Waals surface area contributed by atoms with E-state index in [4.69, 9.17) is 0 Å². The molecule has 2 aliphatic heterocycles. The molecule has 0 radical (unpaired) electrons. The van der Waals surface area contributed by atoms with Crippen molar-refractivity contribution in [3.8, 4) is 0 Å². The van der Waals surface area contributed by atoms with Crippen molar-refractivity contribution in [1.29, 1.82) is 0 Å². The zero-order chi connectivity index (χ0) is 15.4. The quantitative estimate of drug-likeness (QED) is 0.841. The van der Waals surface area contributed by atoms with E-state index in [2.05, 4.69) is 5.32 Å². The maximum absolute atomic E-state index is 14.6. The molecule has 6 heteroatoms. The van der Waals surface area contributed by atoms with Gasteiger partial charge in [0.1, 0.15) is 11.9 Å². The molecule has 1 saturated heterocycles. The molecule has 1 atom stereocenters. The summed E-state index contributed by atoms with van der Waals surface area (Å²) in [4.78, 5) is 37.1. The summed E-state index contributed by atoms with van der Waals surface area (Å²) < 4.78 is 14.6. The number of benzene rings is 1. The number of imide groups is 1. The highest BCUT2D eigenvalue weighted by molar-refractivity contribution is 6.05. The van der Waals surface area contributed by atoms with E-state index in [1.807, 2.05) is 0 Å². The number of halogens is 1. The van der Waals surface area contributed by atoms with Gasteiger partial charge in [0, 0.05) is 13.0 Å². The first-order valence-electron chi connectivity index (χ1n) is 7.52. The summed E-state index contributed by atoms with van der Waals surface area (Å²) in [5.41, 5.74) is 1.34. The molecule has 3 aliphatic rings. The summed E-state index contributed by atoms with van der Waals surface area (Å²) in [6, 6.07) is 2.85. The number of rotatable bonds is 2. The van der Waals surface area contributed by atoms with E-state index in [0.717, 1.165) is 12.8 Å². The molecular weight excluding hydrogens is 287 g/mol. The maximum Gasteiger partial charge on any atom is 0.258 e. The van der Waals surface area contributed by atoms with E-state index in [9.17, 15) is 18.8 Å². The first-order valence-corrected chi connectivity index (χ1v) is 7.52. The van der Waals surface area contributed by atoms with Crippen molar-refractivity contribution in [2.75, 3.05) is 0 Å². The molecule has 2 heterocycles. The maximum atomic E-state index is 14.6. The average molecular weight is 302 g/mol. The highest BCUT2D eigenvalue weighted by Gasteiger charge is 2.41. The Bertz CT molecular complexity index is 712. The number of hydrogen-bond acceptors (Lipinski definition) is 3. The largest absolute Gasteiger partial charge is 0.322 e. The summed E-state index contributed by atoms with van der Waals surface area (Å²) in [7, 11) is 0. The molecule has 0 bridgehead atoms. The number of carbonyl (C=O) groups excluding carboxylic acids is 3. The number of amides is 3. The first-order chi connectivity index (χ1) is 10.6. The van der Waals surface area contributed by atoms with Crippen LogP contribution in [0.3, 0.4) is 0 Å². The zero-order valence-electron chi connectivity index (χ0n) is 11.9. The van der Waals surface area contributed by atoms with E-state index < -0.39 is 23.7 Å². The van der Waals surface area contributed by atoms with Crippen LogP contribution in [0.5, 0.6) is 0 Å². The fourth-order valence-electron chi connectivity index (χ4n) is 3.33. The minimum absolute atomic E-state index is 0.106. The molecule has 1 N–H and O–H groups in total. The summed E-state index contributed by atoms with van der Waals surface area (Å²) in [6.07, 6.45) is 2.41. The molecule has 4 rings (SSSR count). The van der Waals surface area contributed by atoms with Gasteiger partial charge in [0.2, 0.25) is 11.8 Å². The third kappa shape index (κ3) is 1.94. The number of hydrogen-bond donors (Lipinski definition) is 1. The van der Waals surface area contributed by atoms with Gasteiger partial charge in [-0.2, -0.15) is 0 Å². The Morgan fingerprint density at radius 3 is 2.59 bits per heavy atom. The van der Waals surface area contributed by atoms with Crippen LogP contribution in [-0.2, 0) is 16.1 Å². The summed E-state index contributed by atoms with van der Waals surface area (Å²) in [5, 5.41) is 2.24. The SMILES string of the molecule is O=C1CCC(N2Cc3ccc(C4CC4)c(F)c3C2=O)C(=O)N1. The van der Waals surface area contributed by atoms with Crippen LogP contribution >= 0.6 is 0 Å². The topological polar surface area (TPSA) is 66.5 Å². The van der Waals surface area contributed by atoms with Crippen molar-refractivity contribution < 1.29 is 18.8 Å². The molecule has 2 fully saturated rings. The smallest absolute Gasteiger partial charge is 0.258 e. The van der Waals surface area contributed by atoms with Gasteiger partial charge in [0.05, 0.1) is 5.56 Å². The third-order valence-corrected chi connectivity index (χ3v) is 4.68. The van der Waals surface area contributed by atoms with Crippen LogP contribution in [0.1, 0.15) is 53.1 Å². The number of nitrogens with one attached hydrogen (secondary N) is 1. The van der Waals surface area contributed by atoms with E-state index in [1.165, 1.54) is 4.90 Å². The predicted molar refractivity (Wildman–Crippen MR) is 74.4 cm³/mol. The van der Waals surface area contributed by atoms with E-state index in [1.54, 1.807) is 12.1 Å². The minimum atomic E-state index is -0.693. The normalized spacial score (nSPS) is 24.5. The molecule has 0 aromatic heterocycles. The molecule has 1 aromatic carbocycles. The summed E-state index contributed by atoms with van der Waals surface area (Å²) in [6.45, 7) is 0.225. The Labute approximate surface area is 126 Å². The lowest BCUT2D eigenvalue weighted by molar-refractivity contribution is -0.136. The highest BCUT2D eigenvalue weighted by atomic mass is 19.1.